The molecule has 1 aliphatic heterocycles. The maximum atomic E-state index is 13.3. The average Bonchev–Trinajstić information content (AvgIpc) is 3.06. The monoisotopic (exact) mass is 639 g/mol. The lowest BCUT2D eigenvalue weighted by molar-refractivity contribution is -0.148. The number of benzene rings is 1. The molecule has 2 atom stereocenters. The van der Waals surface area contributed by atoms with Crippen LogP contribution in [0.25, 0.3) is 0 Å². The molecule has 46 heavy (non-hydrogen) atoms. The number of rotatable bonds is 18. The van der Waals surface area contributed by atoms with E-state index in [-0.39, 0.29) is 57.3 Å². The highest BCUT2D eigenvalue weighted by Gasteiger charge is 2.40. The fourth-order valence-corrected chi connectivity index (χ4v) is 5.44. The Hall–Kier alpha value is -4.07. The predicted molar refractivity (Wildman–Crippen MR) is 174 cm³/mol. The maximum Gasteiger partial charge on any atom is 0.323 e. The molecule has 4 amide bonds. The summed E-state index contributed by atoms with van der Waals surface area (Å²) in [6, 6.07) is 8.14. The predicted octanol–water partition coefficient (Wildman–Crippen LogP) is 0.105. The van der Waals surface area contributed by atoms with Gasteiger partial charge in [0, 0.05) is 19.5 Å². The zero-order valence-electron chi connectivity index (χ0n) is 26.5. The van der Waals surface area contributed by atoms with E-state index in [1.54, 1.807) is 0 Å². The number of nitrogens with one attached hydrogen (secondary N) is 4. The van der Waals surface area contributed by atoms with Gasteiger partial charge in [-0.25, -0.2) is 0 Å². The molecule has 0 unspecified atom stereocenters. The van der Waals surface area contributed by atoms with Crippen LogP contribution in [0, 0.1) is 0 Å². The highest BCUT2D eigenvalue weighted by Crippen LogP contribution is 2.21. The van der Waals surface area contributed by atoms with Crippen molar-refractivity contribution in [3.63, 3.8) is 0 Å². The lowest BCUT2D eigenvalue weighted by atomic mass is 9.88. The first-order valence-corrected chi connectivity index (χ1v) is 16.1. The summed E-state index contributed by atoms with van der Waals surface area (Å²) in [6.07, 6.45) is 10.6. The number of carbonyl (C=O) groups is 5. The van der Waals surface area contributed by atoms with Crippen molar-refractivity contribution >= 4 is 29.6 Å². The van der Waals surface area contributed by atoms with Crippen LogP contribution in [0.4, 0.5) is 0 Å². The molecule has 0 radical (unpaired) electrons. The number of nitrogens with two attached hydrogens (primary N) is 2. The van der Waals surface area contributed by atoms with E-state index in [1.807, 2.05) is 48.6 Å². The SMILES string of the molecule is NCCCC[C@@H](NC(=O)CNC(=O)[C@@H](CC1=CCCC=C1)NC(=O)CNCCc1ccccc1)C(=O)N1CCC(N)(C(=O)O)CC1. The first kappa shape index (κ1) is 36.4. The van der Waals surface area contributed by atoms with E-state index in [0.29, 0.717) is 32.4 Å². The molecular formula is C33H49N7O6. The van der Waals surface area contributed by atoms with Crippen molar-refractivity contribution in [1.82, 2.24) is 26.2 Å². The summed E-state index contributed by atoms with van der Waals surface area (Å²) in [4.78, 5) is 65.3. The first-order valence-electron chi connectivity index (χ1n) is 16.1. The average molecular weight is 640 g/mol. The van der Waals surface area contributed by atoms with Crippen LogP contribution in [-0.4, -0.2) is 96.5 Å². The normalized spacial score (nSPS) is 16.9. The second-order valence-electron chi connectivity index (χ2n) is 11.9. The molecule has 3 rings (SSSR count). The van der Waals surface area contributed by atoms with Gasteiger partial charge in [-0.15, -0.1) is 0 Å². The van der Waals surface area contributed by atoms with Crippen LogP contribution >= 0.6 is 0 Å². The molecule has 1 saturated heterocycles. The van der Waals surface area contributed by atoms with E-state index >= 15 is 0 Å². The third kappa shape index (κ3) is 12.0. The van der Waals surface area contributed by atoms with E-state index in [0.717, 1.165) is 30.4 Å². The van der Waals surface area contributed by atoms with Gasteiger partial charge in [0.05, 0.1) is 13.1 Å². The molecule has 9 N–H and O–H groups in total. The largest absolute Gasteiger partial charge is 0.480 e. The van der Waals surface area contributed by atoms with Crippen LogP contribution in [0.3, 0.4) is 0 Å². The number of aliphatic carboxylic acids is 1. The van der Waals surface area contributed by atoms with Crippen LogP contribution < -0.4 is 32.7 Å². The standard InChI is InChI=1S/C33H49N7O6/c34-17-8-7-13-26(31(44)40-19-15-33(35,16-20-40)32(45)46)38-29(42)23-37-30(43)27(21-25-11-5-2-6-12-25)39-28(41)22-36-18-14-24-9-3-1-4-10-24/h1,3-5,9-12,26-27,36H,2,6-8,13-23,34-35H2,(H,37,43)(H,38,42)(H,39,41)(H,45,46)/t26-,27-/m1/s1. The number of carboxylic acids is 1. The van der Waals surface area contributed by atoms with Crippen LogP contribution in [0.5, 0.6) is 0 Å². The van der Waals surface area contributed by atoms with E-state index in [2.05, 4.69) is 21.3 Å². The molecule has 0 aromatic heterocycles. The minimum Gasteiger partial charge on any atom is -0.480 e. The molecule has 0 spiro atoms. The van der Waals surface area contributed by atoms with Gasteiger partial charge in [-0.1, -0.05) is 48.6 Å². The zero-order chi connectivity index (χ0) is 33.4. The minimum atomic E-state index is -1.38. The van der Waals surface area contributed by atoms with Gasteiger partial charge in [-0.3, -0.25) is 24.0 Å². The van der Waals surface area contributed by atoms with E-state index in [1.165, 1.54) is 4.90 Å². The molecule has 1 aromatic carbocycles. The molecular weight excluding hydrogens is 590 g/mol. The van der Waals surface area contributed by atoms with Crippen LogP contribution in [0.2, 0.25) is 0 Å². The summed E-state index contributed by atoms with van der Waals surface area (Å²) in [5.74, 6) is -2.84. The van der Waals surface area contributed by atoms with E-state index in [9.17, 15) is 29.1 Å². The molecule has 13 nitrogen and oxygen atoms in total. The molecule has 13 heteroatoms. The third-order valence-electron chi connectivity index (χ3n) is 8.28. The Morgan fingerprint density at radius 2 is 1.63 bits per heavy atom. The molecule has 0 bridgehead atoms. The molecule has 252 valence electrons. The highest BCUT2D eigenvalue weighted by molar-refractivity contribution is 5.93. The van der Waals surface area contributed by atoms with Crippen LogP contribution in [0.1, 0.15) is 56.9 Å². The summed E-state index contributed by atoms with van der Waals surface area (Å²) in [5, 5.41) is 20.6. The Morgan fingerprint density at radius 3 is 2.28 bits per heavy atom. The number of likely N-dealkylation sites (tertiary alicyclic amines) is 1. The quantitative estimate of drug-likeness (QED) is 0.109. The molecule has 0 saturated carbocycles. The fraction of sp³-hybridized carbons (Fsp3) is 0.545. The molecule has 1 heterocycles. The Morgan fingerprint density at radius 1 is 0.935 bits per heavy atom. The number of unbranched alkanes of at least 4 members (excludes halogenated alkanes) is 1. The van der Waals surface area contributed by atoms with Crippen molar-refractivity contribution in [1.29, 1.82) is 0 Å². The minimum absolute atomic E-state index is 0.0345. The van der Waals surface area contributed by atoms with Gasteiger partial charge in [-0.2, -0.15) is 0 Å². The smallest absolute Gasteiger partial charge is 0.323 e. The van der Waals surface area contributed by atoms with Gasteiger partial charge >= 0.3 is 5.97 Å². The van der Waals surface area contributed by atoms with Crippen molar-refractivity contribution < 1.29 is 29.1 Å². The first-order chi connectivity index (χ1) is 22.1. The van der Waals surface area contributed by atoms with Crippen LogP contribution in [0.15, 0.2) is 54.1 Å². The number of allylic oxidation sites excluding steroid dienone is 3. The van der Waals surface area contributed by atoms with Gasteiger partial charge in [-0.05, 0) is 75.6 Å². The van der Waals surface area contributed by atoms with E-state index < -0.39 is 35.4 Å². The number of hydrogen-bond donors (Lipinski definition) is 7. The summed E-state index contributed by atoms with van der Waals surface area (Å²) in [7, 11) is 0. The summed E-state index contributed by atoms with van der Waals surface area (Å²) < 4.78 is 0. The topological polar surface area (TPSA) is 209 Å². The van der Waals surface area contributed by atoms with Crippen molar-refractivity contribution in [3.05, 3.63) is 59.7 Å². The summed E-state index contributed by atoms with van der Waals surface area (Å²) in [6.45, 7) is 0.998. The molecule has 1 aromatic rings. The van der Waals surface area contributed by atoms with Crippen molar-refractivity contribution in [3.8, 4) is 0 Å². The third-order valence-corrected chi connectivity index (χ3v) is 8.28. The second-order valence-corrected chi connectivity index (χ2v) is 11.9. The van der Waals surface area contributed by atoms with Gasteiger partial charge < -0.3 is 42.7 Å². The molecule has 1 fully saturated rings. The van der Waals surface area contributed by atoms with Gasteiger partial charge in [0.2, 0.25) is 23.6 Å². The lowest BCUT2D eigenvalue weighted by Gasteiger charge is -2.37. The number of amides is 4. The van der Waals surface area contributed by atoms with Crippen molar-refractivity contribution in [2.24, 2.45) is 11.5 Å². The van der Waals surface area contributed by atoms with Gasteiger partial charge in [0.1, 0.15) is 17.6 Å². The van der Waals surface area contributed by atoms with Crippen molar-refractivity contribution in [2.75, 3.05) is 39.3 Å². The molecule has 1 aliphatic carbocycles. The number of hydrogen-bond acceptors (Lipinski definition) is 8. The lowest BCUT2D eigenvalue weighted by Crippen LogP contribution is -2.59. The zero-order valence-corrected chi connectivity index (χ0v) is 26.5. The van der Waals surface area contributed by atoms with Gasteiger partial charge in [0.25, 0.3) is 0 Å². The Bertz CT molecular complexity index is 1240. The van der Waals surface area contributed by atoms with Gasteiger partial charge in [0.15, 0.2) is 0 Å². The second kappa shape index (κ2) is 18.8. The van der Waals surface area contributed by atoms with Crippen LogP contribution in [-0.2, 0) is 30.4 Å². The summed E-state index contributed by atoms with van der Waals surface area (Å²) >= 11 is 0. The number of piperidine rings is 1. The molecule has 2 aliphatic rings. The maximum absolute atomic E-state index is 13.3. The highest BCUT2D eigenvalue weighted by atomic mass is 16.4. The van der Waals surface area contributed by atoms with E-state index in [4.69, 9.17) is 11.5 Å². The summed E-state index contributed by atoms with van der Waals surface area (Å²) in [5.41, 5.74) is 12.3. The van der Waals surface area contributed by atoms with Crippen molar-refractivity contribution in [2.45, 2.75) is 75.4 Å². The number of carbonyl (C=O) groups excluding carboxylic acids is 4. The Kier molecular flexibility index (Phi) is 14.9. The Balaban J connectivity index is 1.54. The fourth-order valence-electron chi connectivity index (χ4n) is 5.44. The number of nitrogens with zero attached hydrogens (tertiary/aromatic N) is 1. The Labute approximate surface area is 270 Å². The number of carboxylic acid groups (broad SMARTS) is 1.